The number of aromatic nitrogens is 2. The zero-order valence-corrected chi connectivity index (χ0v) is 15.9. The van der Waals surface area contributed by atoms with Gasteiger partial charge in [-0.3, -0.25) is 14.6 Å². The molecule has 2 aromatic carbocycles. The Morgan fingerprint density at radius 3 is 2.28 bits per heavy atom. The monoisotopic (exact) mass is 390 g/mol. The first-order valence-electron chi connectivity index (χ1n) is 9.31. The van der Waals surface area contributed by atoms with Crippen molar-refractivity contribution >= 4 is 11.8 Å². The van der Waals surface area contributed by atoms with E-state index in [4.69, 9.17) is 4.74 Å². The number of amides is 2. The molecule has 7 nitrogen and oxygen atoms in total. The smallest absolute Gasteiger partial charge is 0.271 e. The summed E-state index contributed by atoms with van der Waals surface area (Å²) in [4.78, 5) is 31.8. The van der Waals surface area contributed by atoms with Gasteiger partial charge in [-0.25, -0.2) is 4.98 Å². The maximum atomic E-state index is 12.2. The summed E-state index contributed by atoms with van der Waals surface area (Å²) in [6.07, 6.45) is 4.99. The third-order valence-corrected chi connectivity index (χ3v) is 4.09. The normalized spacial score (nSPS) is 10.2. The summed E-state index contributed by atoms with van der Waals surface area (Å²) < 4.78 is 5.72. The minimum atomic E-state index is -0.282. The Balaban J connectivity index is 1.35. The average molecular weight is 390 g/mol. The van der Waals surface area contributed by atoms with Crippen LogP contribution in [0, 0.1) is 0 Å². The molecule has 0 atom stereocenters. The lowest BCUT2D eigenvalue weighted by atomic mass is 10.2. The van der Waals surface area contributed by atoms with Crippen LogP contribution in [-0.2, 0) is 6.61 Å². The Morgan fingerprint density at radius 2 is 1.59 bits per heavy atom. The van der Waals surface area contributed by atoms with E-state index in [9.17, 15) is 9.59 Å². The Kier molecular flexibility index (Phi) is 7.28. The Labute approximate surface area is 169 Å². The fourth-order valence-corrected chi connectivity index (χ4v) is 2.54. The maximum absolute atomic E-state index is 12.2. The molecule has 1 aromatic heterocycles. The van der Waals surface area contributed by atoms with E-state index in [0.717, 1.165) is 5.56 Å². The summed E-state index contributed by atoms with van der Waals surface area (Å²) >= 11 is 0. The van der Waals surface area contributed by atoms with Crippen molar-refractivity contribution in [1.29, 1.82) is 0 Å². The number of nitrogens with zero attached hydrogens (tertiary/aromatic N) is 2. The Bertz CT molecular complexity index is 916. The lowest BCUT2D eigenvalue weighted by molar-refractivity contribution is 0.0947. The molecular weight excluding hydrogens is 368 g/mol. The summed E-state index contributed by atoms with van der Waals surface area (Å²) in [6.45, 7) is 1.36. The minimum absolute atomic E-state index is 0.167. The van der Waals surface area contributed by atoms with Crippen molar-refractivity contribution < 1.29 is 14.3 Å². The second kappa shape index (κ2) is 10.6. The van der Waals surface area contributed by atoms with Gasteiger partial charge in [0.1, 0.15) is 18.1 Å². The van der Waals surface area contributed by atoms with Gasteiger partial charge in [0.15, 0.2) is 0 Å². The van der Waals surface area contributed by atoms with E-state index in [1.165, 1.54) is 18.6 Å². The van der Waals surface area contributed by atoms with Gasteiger partial charge in [0.05, 0.1) is 6.20 Å². The van der Waals surface area contributed by atoms with Crippen LogP contribution in [0.5, 0.6) is 5.75 Å². The quantitative estimate of drug-likeness (QED) is 0.548. The summed E-state index contributed by atoms with van der Waals surface area (Å²) in [7, 11) is 0. The van der Waals surface area contributed by atoms with E-state index in [2.05, 4.69) is 20.6 Å². The number of benzene rings is 2. The number of nitrogens with one attached hydrogen (secondary N) is 2. The first-order valence-corrected chi connectivity index (χ1v) is 9.31. The highest BCUT2D eigenvalue weighted by molar-refractivity contribution is 5.94. The van der Waals surface area contributed by atoms with Gasteiger partial charge < -0.3 is 15.4 Å². The van der Waals surface area contributed by atoms with Gasteiger partial charge in [-0.15, -0.1) is 0 Å². The van der Waals surface area contributed by atoms with E-state index in [1.807, 2.05) is 30.3 Å². The summed E-state index contributed by atoms with van der Waals surface area (Å²) in [5.74, 6) is 0.257. The zero-order chi connectivity index (χ0) is 20.3. The van der Waals surface area contributed by atoms with Crippen molar-refractivity contribution in [2.45, 2.75) is 13.0 Å². The predicted molar refractivity (Wildman–Crippen MR) is 109 cm³/mol. The van der Waals surface area contributed by atoms with Crippen LogP contribution in [-0.4, -0.2) is 34.9 Å². The zero-order valence-electron chi connectivity index (χ0n) is 15.9. The van der Waals surface area contributed by atoms with Gasteiger partial charge in [0.2, 0.25) is 0 Å². The van der Waals surface area contributed by atoms with Crippen molar-refractivity contribution in [1.82, 2.24) is 20.6 Å². The van der Waals surface area contributed by atoms with Gasteiger partial charge >= 0.3 is 0 Å². The van der Waals surface area contributed by atoms with E-state index in [1.54, 1.807) is 24.3 Å². The average Bonchev–Trinajstić information content (AvgIpc) is 2.79. The highest BCUT2D eigenvalue weighted by Crippen LogP contribution is 2.14. The van der Waals surface area contributed by atoms with Crippen LogP contribution in [0.3, 0.4) is 0 Å². The lowest BCUT2D eigenvalue weighted by Gasteiger charge is -2.08. The molecule has 0 spiro atoms. The topological polar surface area (TPSA) is 93.2 Å². The maximum Gasteiger partial charge on any atom is 0.271 e. The van der Waals surface area contributed by atoms with Gasteiger partial charge in [-0.2, -0.15) is 0 Å². The van der Waals surface area contributed by atoms with E-state index < -0.39 is 0 Å². The molecule has 0 fully saturated rings. The van der Waals surface area contributed by atoms with Crippen LogP contribution in [0.1, 0.15) is 32.8 Å². The van der Waals surface area contributed by atoms with Crippen molar-refractivity contribution in [3.63, 3.8) is 0 Å². The molecule has 3 aromatic rings. The summed E-state index contributed by atoms with van der Waals surface area (Å²) in [5, 5.41) is 5.57. The molecule has 1 heterocycles. The lowest BCUT2D eigenvalue weighted by Crippen LogP contribution is -2.30. The van der Waals surface area contributed by atoms with Gasteiger partial charge in [0.25, 0.3) is 11.8 Å². The molecule has 0 aliphatic heterocycles. The van der Waals surface area contributed by atoms with Gasteiger partial charge in [-0.1, -0.05) is 30.3 Å². The van der Waals surface area contributed by atoms with Crippen molar-refractivity contribution in [2.24, 2.45) is 0 Å². The first-order chi connectivity index (χ1) is 14.2. The fraction of sp³-hybridized carbons (Fsp3) is 0.182. The molecule has 7 heteroatoms. The number of hydrogen-bond acceptors (Lipinski definition) is 5. The molecule has 29 heavy (non-hydrogen) atoms. The molecule has 3 rings (SSSR count). The van der Waals surface area contributed by atoms with Crippen LogP contribution in [0.4, 0.5) is 0 Å². The molecule has 0 saturated carbocycles. The number of carbonyl (C=O) groups excluding carboxylic acids is 2. The summed E-state index contributed by atoms with van der Waals surface area (Å²) in [6, 6.07) is 16.9. The molecule has 0 radical (unpaired) electrons. The third kappa shape index (κ3) is 6.42. The van der Waals surface area contributed by atoms with E-state index in [-0.39, 0.29) is 17.5 Å². The molecule has 2 N–H and O–H groups in total. The largest absolute Gasteiger partial charge is 0.489 e. The second-order valence-electron chi connectivity index (χ2n) is 6.25. The third-order valence-electron chi connectivity index (χ3n) is 4.09. The Hall–Kier alpha value is -3.74. The molecular formula is C22H22N4O3. The molecule has 0 unspecified atom stereocenters. The predicted octanol–water partition coefficient (Wildman–Crippen LogP) is 2.61. The molecule has 0 bridgehead atoms. The van der Waals surface area contributed by atoms with Gasteiger partial charge in [0, 0.05) is 31.0 Å². The van der Waals surface area contributed by atoms with Crippen LogP contribution < -0.4 is 15.4 Å². The highest BCUT2D eigenvalue weighted by atomic mass is 16.5. The first kappa shape index (κ1) is 20.0. The highest BCUT2D eigenvalue weighted by Gasteiger charge is 2.07. The van der Waals surface area contributed by atoms with Crippen molar-refractivity contribution in [3.05, 3.63) is 90.0 Å². The number of hydrogen-bond donors (Lipinski definition) is 2. The molecule has 0 aliphatic carbocycles. The molecule has 2 amide bonds. The SMILES string of the molecule is O=C(NCCCNC(=O)c1cnccn1)c1ccc(OCc2ccccc2)cc1. The van der Waals surface area contributed by atoms with Crippen LogP contribution in [0.2, 0.25) is 0 Å². The van der Waals surface area contributed by atoms with Crippen LogP contribution in [0.15, 0.2) is 73.2 Å². The number of rotatable bonds is 9. The number of carbonyl (C=O) groups is 2. The van der Waals surface area contributed by atoms with Crippen LogP contribution in [0.25, 0.3) is 0 Å². The molecule has 0 aliphatic rings. The second-order valence-corrected chi connectivity index (χ2v) is 6.25. The van der Waals surface area contributed by atoms with Gasteiger partial charge in [-0.05, 0) is 36.2 Å². The van der Waals surface area contributed by atoms with E-state index >= 15 is 0 Å². The molecule has 0 saturated heterocycles. The molecule has 148 valence electrons. The summed E-state index contributed by atoms with van der Waals surface area (Å²) in [5.41, 5.74) is 1.91. The fourth-order valence-electron chi connectivity index (χ4n) is 2.54. The van der Waals surface area contributed by atoms with Crippen LogP contribution >= 0.6 is 0 Å². The standard InChI is InChI=1S/C22H22N4O3/c27-21(25-11-4-12-26-22(28)20-15-23-13-14-24-20)18-7-9-19(10-8-18)29-16-17-5-2-1-3-6-17/h1-3,5-10,13-15H,4,11-12,16H2,(H,25,27)(H,26,28). The number of ether oxygens (including phenoxy) is 1. The van der Waals surface area contributed by atoms with Crippen molar-refractivity contribution in [3.8, 4) is 5.75 Å². The Morgan fingerprint density at radius 1 is 0.862 bits per heavy atom. The van der Waals surface area contributed by atoms with E-state index in [0.29, 0.717) is 37.4 Å². The minimum Gasteiger partial charge on any atom is -0.489 e. The van der Waals surface area contributed by atoms with Crippen molar-refractivity contribution in [2.75, 3.05) is 13.1 Å².